The standard InChI is InChI=1S/C16H12F3N5O2/c17-16(18,19)15-23-13(24-26-15)9-2-5-20-12(7-9)25-8-10-6-11(10)14-21-3-1-4-22-14/h1-5,7,10-11H,6,8H2/t10-,11-/m0/s1. The van der Waals surface area contributed by atoms with Gasteiger partial charge in [-0.25, -0.2) is 15.0 Å². The Bertz CT molecular complexity index is 900. The lowest BCUT2D eigenvalue weighted by atomic mass is 10.2. The number of aromatic nitrogens is 5. The Balaban J connectivity index is 1.40. The van der Waals surface area contributed by atoms with Crippen LogP contribution >= 0.6 is 0 Å². The zero-order valence-electron chi connectivity index (χ0n) is 13.2. The van der Waals surface area contributed by atoms with Crippen LogP contribution in [0.1, 0.15) is 24.1 Å². The lowest BCUT2D eigenvalue weighted by Crippen LogP contribution is -2.05. The van der Waals surface area contributed by atoms with Crippen molar-refractivity contribution >= 4 is 0 Å². The molecular formula is C16H12F3N5O2. The predicted molar refractivity (Wildman–Crippen MR) is 80.9 cm³/mol. The van der Waals surface area contributed by atoms with Gasteiger partial charge in [0.1, 0.15) is 5.82 Å². The smallest absolute Gasteiger partial charge is 0.471 e. The minimum absolute atomic E-state index is 0.174. The maximum absolute atomic E-state index is 12.5. The average molecular weight is 363 g/mol. The van der Waals surface area contributed by atoms with Gasteiger partial charge >= 0.3 is 12.1 Å². The molecule has 3 aromatic rings. The molecule has 1 fully saturated rings. The number of halogens is 3. The molecule has 1 aliphatic carbocycles. The Morgan fingerprint density at radius 1 is 1.15 bits per heavy atom. The highest BCUT2D eigenvalue weighted by atomic mass is 19.4. The first-order valence-electron chi connectivity index (χ1n) is 7.78. The van der Waals surface area contributed by atoms with Crippen molar-refractivity contribution in [3.63, 3.8) is 0 Å². The van der Waals surface area contributed by atoms with Gasteiger partial charge in [0.15, 0.2) is 0 Å². The van der Waals surface area contributed by atoms with Crippen LogP contribution in [0.25, 0.3) is 11.4 Å². The monoisotopic (exact) mass is 363 g/mol. The van der Waals surface area contributed by atoms with E-state index in [0.29, 0.717) is 12.2 Å². The third-order valence-electron chi connectivity index (χ3n) is 3.95. The Labute approximate surface area is 145 Å². The summed E-state index contributed by atoms with van der Waals surface area (Å²) in [5.41, 5.74) is 0.327. The number of pyridine rings is 1. The van der Waals surface area contributed by atoms with Crippen molar-refractivity contribution in [1.82, 2.24) is 25.1 Å². The number of alkyl halides is 3. The summed E-state index contributed by atoms with van der Waals surface area (Å²) >= 11 is 0. The summed E-state index contributed by atoms with van der Waals surface area (Å²) in [6.07, 6.45) is 1.05. The molecule has 3 aromatic heterocycles. The molecule has 0 N–H and O–H groups in total. The summed E-state index contributed by atoms with van der Waals surface area (Å²) in [6.45, 7) is 0.416. The molecule has 1 aliphatic rings. The van der Waals surface area contributed by atoms with E-state index in [4.69, 9.17) is 4.74 Å². The van der Waals surface area contributed by atoms with E-state index in [0.717, 1.165) is 12.2 Å². The van der Waals surface area contributed by atoms with Gasteiger partial charge in [-0.1, -0.05) is 5.16 Å². The Kier molecular flexibility index (Phi) is 4.02. The zero-order chi connectivity index (χ0) is 18.1. The van der Waals surface area contributed by atoms with Gasteiger partial charge < -0.3 is 9.26 Å². The SMILES string of the molecule is FC(F)(F)c1nc(-c2ccnc(OC[C@@H]3C[C@@H]3c3ncccn3)c2)no1. The second kappa shape index (κ2) is 6.36. The van der Waals surface area contributed by atoms with Crippen LogP contribution in [0.3, 0.4) is 0 Å². The third-order valence-corrected chi connectivity index (χ3v) is 3.95. The molecule has 26 heavy (non-hydrogen) atoms. The van der Waals surface area contributed by atoms with Gasteiger partial charge in [-0.3, -0.25) is 0 Å². The van der Waals surface area contributed by atoms with Crippen LogP contribution in [-0.4, -0.2) is 31.7 Å². The predicted octanol–water partition coefficient (Wildman–Crippen LogP) is 3.12. The van der Waals surface area contributed by atoms with Crippen LogP contribution < -0.4 is 4.74 Å². The van der Waals surface area contributed by atoms with Gasteiger partial charge in [0, 0.05) is 42.1 Å². The largest absolute Gasteiger partial charge is 0.477 e. The van der Waals surface area contributed by atoms with Crippen LogP contribution in [0.5, 0.6) is 5.88 Å². The molecule has 134 valence electrons. The molecule has 0 aliphatic heterocycles. The number of hydrogen-bond donors (Lipinski definition) is 0. The minimum atomic E-state index is -4.68. The fraction of sp³-hybridized carbons (Fsp3) is 0.312. The van der Waals surface area contributed by atoms with Gasteiger partial charge in [-0.2, -0.15) is 18.2 Å². The molecule has 3 heterocycles. The number of hydrogen-bond acceptors (Lipinski definition) is 7. The first-order chi connectivity index (χ1) is 12.5. The van der Waals surface area contributed by atoms with Crippen LogP contribution in [0.15, 0.2) is 41.3 Å². The molecule has 4 rings (SSSR count). The first kappa shape index (κ1) is 16.4. The average Bonchev–Trinajstić information content (AvgIpc) is 3.23. The molecule has 0 spiro atoms. The number of nitrogens with zero attached hydrogens (tertiary/aromatic N) is 5. The van der Waals surface area contributed by atoms with E-state index in [9.17, 15) is 13.2 Å². The highest BCUT2D eigenvalue weighted by Crippen LogP contribution is 2.45. The van der Waals surface area contributed by atoms with E-state index >= 15 is 0 Å². The van der Waals surface area contributed by atoms with Crippen molar-refractivity contribution in [3.8, 4) is 17.3 Å². The molecule has 0 aromatic carbocycles. The van der Waals surface area contributed by atoms with Crippen LogP contribution in [0.2, 0.25) is 0 Å². The lowest BCUT2D eigenvalue weighted by Gasteiger charge is -2.05. The van der Waals surface area contributed by atoms with Crippen molar-refractivity contribution in [2.24, 2.45) is 5.92 Å². The molecular weight excluding hydrogens is 351 g/mol. The zero-order valence-corrected chi connectivity index (χ0v) is 13.2. The normalized spacial score (nSPS) is 19.3. The molecule has 0 amide bonds. The second-order valence-corrected chi connectivity index (χ2v) is 5.82. The summed E-state index contributed by atoms with van der Waals surface area (Å²) in [5.74, 6) is 0.0348. The van der Waals surface area contributed by atoms with E-state index < -0.39 is 12.1 Å². The van der Waals surface area contributed by atoms with Gasteiger partial charge in [-0.15, -0.1) is 0 Å². The number of ether oxygens (including phenoxy) is 1. The summed E-state index contributed by atoms with van der Waals surface area (Å²) in [7, 11) is 0. The highest BCUT2D eigenvalue weighted by Gasteiger charge is 2.41. The molecule has 2 atom stereocenters. The third kappa shape index (κ3) is 3.48. The molecule has 0 radical (unpaired) electrons. The quantitative estimate of drug-likeness (QED) is 0.688. The summed E-state index contributed by atoms with van der Waals surface area (Å²) < 4.78 is 47.5. The summed E-state index contributed by atoms with van der Waals surface area (Å²) in [5, 5.41) is 3.35. The van der Waals surface area contributed by atoms with Crippen molar-refractivity contribution in [3.05, 3.63) is 48.5 Å². The molecule has 0 bridgehead atoms. The molecule has 0 unspecified atom stereocenters. The van der Waals surface area contributed by atoms with Crippen LogP contribution in [0, 0.1) is 5.92 Å². The Morgan fingerprint density at radius 2 is 1.96 bits per heavy atom. The topological polar surface area (TPSA) is 86.8 Å². The molecule has 0 saturated heterocycles. The van der Waals surface area contributed by atoms with Gasteiger partial charge in [-0.05, 0) is 18.6 Å². The van der Waals surface area contributed by atoms with Crippen molar-refractivity contribution in [2.45, 2.75) is 18.5 Å². The van der Waals surface area contributed by atoms with Crippen molar-refractivity contribution in [1.29, 1.82) is 0 Å². The van der Waals surface area contributed by atoms with Crippen LogP contribution in [0.4, 0.5) is 13.2 Å². The lowest BCUT2D eigenvalue weighted by molar-refractivity contribution is -0.159. The maximum Gasteiger partial charge on any atom is 0.471 e. The summed E-state index contributed by atoms with van der Waals surface area (Å²) in [6, 6.07) is 4.71. The fourth-order valence-electron chi connectivity index (χ4n) is 2.53. The highest BCUT2D eigenvalue weighted by molar-refractivity contribution is 5.55. The van der Waals surface area contributed by atoms with Crippen LogP contribution in [-0.2, 0) is 6.18 Å². The van der Waals surface area contributed by atoms with E-state index in [1.165, 1.54) is 18.3 Å². The second-order valence-electron chi connectivity index (χ2n) is 5.82. The van der Waals surface area contributed by atoms with Gasteiger partial charge in [0.2, 0.25) is 11.7 Å². The summed E-state index contributed by atoms with van der Waals surface area (Å²) in [4.78, 5) is 15.8. The Morgan fingerprint density at radius 3 is 2.69 bits per heavy atom. The van der Waals surface area contributed by atoms with Crippen molar-refractivity contribution < 1.29 is 22.4 Å². The Hall–Kier alpha value is -3.04. The van der Waals surface area contributed by atoms with E-state index in [-0.39, 0.29) is 23.5 Å². The van der Waals surface area contributed by atoms with E-state index in [1.807, 2.05) is 0 Å². The minimum Gasteiger partial charge on any atom is -0.477 e. The molecule has 1 saturated carbocycles. The van der Waals surface area contributed by atoms with E-state index in [1.54, 1.807) is 18.5 Å². The van der Waals surface area contributed by atoms with Gasteiger partial charge in [0.05, 0.1) is 6.61 Å². The number of rotatable bonds is 5. The first-order valence-corrected chi connectivity index (χ1v) is 7.78. The van der Waals surface area contributed by atoms with E-state index in [2.05, 4.69) is 29.6 Å². The molecule has 10 heteroatoms. The van der Waals surface area contributed by atoms with Gasteiger partial charge in [0.25, 0.3) is 0 Å². The molecule has 7 nitrogen and oxygen atoms in total. The van der Waals surface area contributed by atoms with Crippen molar-refractivity contribution in [2.75, 3.05) is 6.61 Å². The maximum atomic E-state index is 12.5. The fourth-order valence-corrected chi connectivity index (χ4v) is 2.53.